The highest BCUT2D eigenvalue weighted by atomic mass is 19.1. The molecule has 1 atom stereocenters. The lowest BCUT2D eigenvalue weighted by atomic mass is 10.1. The van der Waals surface area contributed by atoms with E-state index in [-0.39, 0.29) is 11.9 Å². The number of carbonyl (C=O) groups is 2. The maximum absolute atomic E-state index is 13.4. The Labute approximate surface area is 192 Å². The number of hydrogen-bond acceptors (Lipinski definition) is 3. The molecule has 1 heterocycles. The fraction of sp³-hybridized carbons (Fsp3) is 0.231. The van der Waals surface area contributed by atoms with E-state index in [0.717, 1.165) is 37.2 Å². The Morgan fingerprint density at radius 2 is 1.58 bits per heavy atom. The number of carbonyl (C=O) groups excluding carboxylic acids is 2. The van der Waals surface area contributed by atoms with Crippen LogP contribution in [0.5, 0.6) is 0 Å². The molecule has 170 valence electrons. The van der Waals surface area contributed by atoms with Gasteiger partial charge in [-0.2, -0.15) is 0 Å². The summed E-state index contributed by atoms with van der Waals surface area (Å²) in [5.41, 5.74) is 3.18. The van der Waals surface area contributed by atoms with Crippen LogP contribution in [-0.2, 0) is 0 Å². The lowest BCUT2D eigenvalue weighted by Gasteiger charge is -2.23. The molecular weight excluding hydrogens is 419 g/mol. The Hall–Kier alpha value is -3.87. The average molecular weight is 447 g/mol. The first-order valence-electron chi connectivity index (χ1n) is 11.1. The standard InChI is InChI=1S/C26H27FN4O2/c1-18(19-8-3-2-4-9-19)28-25(32)23-17-22(12-13-24(23)31-14-5-6-15-31)30-26(33)29-21-11-7-10-20(27)16-21/h2-4,7-13,16-18H,5-6,14-15H2,1H3,(H,28,32)(H2,29,30,33). The van der Waals surface area contributed by atoms with Gasteiger partial charge in [0.2, 0.25) is 0 Å². The zero-order valence-corrected chi connectivity index (χ0v) is 18.5. The lowest BCUT2D eigenvalue weighted by molar-refractivity contribution is 0.0940. The Balaban J connectivity index is 1.53. The van der Waals surface area contributed by atoms with Crippen molar-refractivity contribution in [3.63, 3.8) is 0 Å². The Bertz CT molecular complexity index is 1130. The number of nitrogens with one attached hydrogen (secondary N) is 3. The van der Waals surface area contributed by atoms with Crippen molar-refractivity contribution in [2.24, 2.45) is 0 Å². The number of hydrogen-bond donors (Lipinski definition) is 3. The molecular formula is C26H27FN4O2. The maximum atomic E-state index is 13.4. The molecule has 3 aromatic carbocycles. The minimum atomic E-state index is -0.515. The molecule has 3 aromatic rings. The monoisotopic (exact) mass is 446 g/mol. The number of anilines is 3. The van der Waals surface area contributed by atoms with Gasteiger partial charge < -0.3 is 20.9 Å². The van der Waals surface area contributed by atoms with E-state index in [9.17, 15) is 14.0 Å². The third-order valence-electron chi connectivity index (χ3n) is 5.68. The summed E-state index contributed by atoms with van der Waals surface area (Å²) in [6, 6.07) is 20.1. The molecule has 0 bridgehead atoms. The first-order valence-corrected chi connectivity index (χ1v) is 11.1. The van der Waals surface area contributed by atoms with Crippen molar-refractivity contribution in [2.75, 3.05) is 28.6 Å². The van der Waals surface area contributed by atoms with Crippen LogP contribution < -0.4 is 20.9 Å². The molecule has 4 rings (SSSR count). The number of amides is 3. The Morgan fingerprint density at radius 3 is 2.27 bits per heavy atom. The molecule has 0 spiro atoms. The topological polar surface area (TPSA) is 73.5 Å². The van der Waals surface area contributed by atoms with Gasteiger partial charge in [-0.05, 0) is 61.7 Å². The highest BCUT2D eigenvalue weighted by Crippen LogP contribution is 2.28. The predicted octanol–water partition coefficient (Wildman–Crippen LogP) is 5.56. The van der Waals surface area contributed by atoms with Gasteiger partial charge in [0.15, 0.2) is 0 Å². The van der Waals surface area contributed by atoms with Crippen LogP contribution in [0.4, 0.5) is 26.2 Å². The Morgan fingerprint density at radius 1 is 0.879 bits per heavy atom. The first-order chi connectivity index (χ1) is 16.0. The molecule has 1 aliphatic rings. The number of rotatable bonds is 6. The third kappa shape index (κ3) is 5.68. The fourth-order valence-corrected chi connectivity index (χ4v) is 3.99. The highest BCUT2D eigenvalue weighted by molar-refractivity contribution is 6.04. The molecule has 0 radical (unpaired) electrons. The largest absolute Gasteiger partial charge is 0.371 e. The molecule has 0 saturated carbocycles. The van der Waals surface area contributed by atoms with Gasteiger partial charge in [-0.25, -0.2) is 9.18 Å². The molecule has 1 saturated heterocycles. The molecule has 0 aromatic heterocycles. The van der Waals surface area contributed by atoms with E-state index in [1.54, 1.807) is 18.2 Å². The summed E-state index contributed by atoms with van der Waals surface area (Å²) in [5.74, 6) is -0.642. The van der Waals surface area contributed by atoms with E-state index in [0.29, 0.717) is 16.9 Å². The maximum Gasteiger partial charge on any atom is 0.323 e. The summed E-state index contributed by atoms with van der Waals surface area (Å²) < 4.78 is 13.4. The van der Waals surface area contributed by atoms with Gasteiger partial charge in [0, 0.05) is 30.2 Å². The summed E-state index contributed by atoms with van der Waals surface area (Å²) in [6.45, 7) is 3.72. The van der Waals surface area contributed by atoms with Crippen LogP contribution in [-0.4, -0.2) is 25.0 Å². The smallest absolute Gasteiger partial charge is 0.323 e. The van der Waals surface area contributed by atoms with Crippen LogP contribution in [0.25, 0.3) is 0 Å². The van der Waals surface area contributed by atoms with Crippen molar-refractivity contribution in [2.45, 2.75) is 25.8 Å². The van der Waals surface area contributed by atoms with Crippen molar-refractivity contribution in [3.05, 3.63) is 89.7 Å². The summed E-state index contributed by atoms with van der Waals surface area (Å²) in [4.78, 5) is 27.9. The minimum absolute atomic E-state index is 0.169. The summed E-state index contributed by atoms with van der Waals surface area (Å²) in [6.07, 6.45) is 2.16. The van der Waals surface area contributed by atoms with Crippen LogP contribution in [0.3, 0.4) is 0 Å². The molecule has 0 aliphatic carbocycles. The van der Waals surface area contributed by atoms with Gasteiger partial charge in [0.05, 0.1) is 11.6 Å². The van der Waals surface area contributed by atoms with Crippen LogP contribution in [0.15, 0.2) is 72.8 Å². The molecule has 1 unspecified atom stereocenters. The van der Waals surface area contributed by atoms with E-state index in [1.165, 1.54) is 18.2 Å². The van der Waals surface area contributed by atoms with Crippen molar-refractivity contribution >= 4 is 29.0 Å². The van der Waals surface area contributed by atoms with Crippen molar-refractivity contribution in [1.29, 1.82) is 0 Å². The fourth-order valence-electron chi connectivity index (χ4n) is 3.99. The van der Waals surface area contributed by atoms with Crippen molar-refractivity contribution < 1.29 is 14.0 Å². The second kappa shape index (κ2) is 10.2. The van der Waals surface area contributed by atoms with Gasteiger partial charge in [0.1, 0.15) is 5.82 Å². The van der Waals surface area contributed by atoms with E-state index >= 15 is 0 Å². The van der Waals surface area contributed by atoms with E-state index in [2.05, 4.69) is 20.9 Å². The normalized spacial score (nSPS) is 13.9. The van der Waals surface area contributed by atoms with Crippen molar-refractivity contribution in [3.8, 4) is 0 Å². The lowest BCUT2D eigenvalue weighted by Crippen LogP contribution is -2.30. The molecule has 3 amide bonds. The highest BCUT2D eigenvalue weighted by Gasteiger charge is 2.22. The second-order valence-electron chi connectivity index (χ2n) is 8.12. The molecule has 7 heteroatoms. The number of nitrogens with zero attached hydrogens (tertiary/aromatic N) is 1. The predicted molar refractivity (Wildman–Crippen MR) is 129 cm³/mol. The molecule has 1 aliphatic heterocycles. The van der Waals surface area contributed by atoms with Gasteiger partial charge in [0.25, 0.3) is 5.91 Å². The van der Waals surface area contributed by atoms with E-state index in [1.807, 2.05) is 43.3 Å². The zero-order valence-electron chi connectivity index (χ0n) is 18.5. The number of halogens is 1. The average Bonchev–Trinajstić information content (AvgIpc) is 3.34. The SMILES string of the molecule is CC(NC(=O)c1cc(NC(=O)Nc2cccc(F)c2)ccc1N1CCCC1)c1ccccc1. The molecule has 1 fully saturated rings. The number of urea groups is 1. The van der Waals surface area contributed by atoms with Crippen LogP contribution in [0.1, 0.15) is 41.7 Å². The first kappa shape index (κ1) is 22.3. The van der Waals surface area contributed by atoms with Crippen LogP contribution >= 0.6 is 0 Å². The van der Waals surface area contributed by atoms with Crippen molar-refractivity contribution in [1.82, 2.24) is 5.32 Å². The van der Waals surface area contributed by atoms with Crippen LogP contribution in [0, 0.1) is 5.82 Å². The minimum Gasteiger partial charge on any atom is -0.371 e. The van der Waals surface area contributed by atoms with Gasteiger partial charge in [-0.3, -0.25) is 4.79 Å². The van der Waals surface area contributed by atoms with E-state index in [4.69, 9.17) is 0 Å². The second-order valence-corrected chi connectivity index (χ2v) is 8.12. The summed E-state index contributed by atoms with van der Waals surface area (Å²) in [7, 11) is 0. The quantitative estimate of drug-likeness (QED) is 0.464. The third-order valence-corrected chi connectivity index (χ3v) is 5.68. The summed E-state index contributed by atoms with van der Waals surface area (Å²) in [5, 5.41) is 8.41. The van der Waals surface area contributed by atoms with Gasteiger partial charge >= 0.3 is 6.03 Å². The Kier molecular flexibility index (Phi) is 6.88. The molecule has 6 nitrogen and oxygen atoms in total. The van der Waals surface area contributed by atoms with E-state index < -0.39 is 11.8 Å². The zero-order chi connectivity index (χ0) is 23.2. The summed E-state index contributed by atoms with van der Waals surface area (Å²) >= 11 is 0. The molecule has 33 heavy (non-hydrogen) atoms. The van der Waals surface area contributed by atoms with Crippen LogP contribution in [0.2, 0.25) is 0 Å². The van der Waals surface area contributed by atoms with Gasteiger partial charge in [-0.15, -0.1) is 0 Å². The number of benzene rings is 3. The molecule has 3 N–H and O–H groups in total. The van der Waals surface area contributed by atoms with Gasteiger partial charge in [-0.1, -0.05) is 36.4 Å².